The van der Waals surface area contributed by atoms with E-state index in [9.17, 15) is 4.79 Å². The highest BCUT2D eigenvalue weighted by atomic mass is 32.1. The molecule has 4 nitrogen and oxygen atoms in total. The number of nitrogens with one attached hydrogen (secondary N) is 1. The predicted molar refractivity (Wildman–Crippen MR) is 68.3 cm³/mol. The number of morpholine rings is 1. The topological polar surface area (TPSA) is 41.6 Å². The first kappa shape index (κ1) is 12.4. The molecule has 2 heterocycles. The van der Waals surface area contributed by atoms with Crippen LogP contribution in [-0.4, -0.2) is 36.7 Å². The first-order valence-corrected chi connectivity index (χ1v) is 6.72. The number of hydrogen-bond donors (Lipinski definition) is 1. The predicted octanol–water partition coefficient (Wildman–Crippen LogP) is 1.99. The number of carbonyl (C=O) groups is 1. The van der Waals surface area contributed by atoms with Gasteiger partial charge in [-0.2, -0.15) is 0 Å². The van der Waals surface area contributed by atoms with Gasteiger partial charge in [0.05, 0.1) is 19.3 Å². The normalized spacial score (nSPS) is 20.4. The summed E-state index contributed by atoms with van der Waals surface area (Å²) in [5.41, 5.74) is 1.24. The van der Waals surface area contributed by atoms with Crippen molar-refractivity contribution in [1.29, 1.82) is 0 Å². The third-order valence-electron chi connectivity index (χ3n) is 2.90. The van der Waals surface area contributed by atoms with Crippen LogP contribution in [0.15, 0.2) is 11.4 Å². The van der Waals surface area contributed by atoms with Gasteiger partial charge < -0.3 is 15.0 Å². The Balaban J connectivity index is 1.83. The maximum absolute atomic E-state index is 11.9. The van der Waals surface area contributed by atoms with Crippen molar-refractivity contribution in [2.45, 2.75) is 26.5 Å². The third-order valence-corrected chi connectivity index (χ3v) is 3.92. The third kappa shape index (κ3) is 3.20. The van der Waals surface area contributed by atoms with Crippen LogP contribution in [0.1, 0.15) is 17.4 Å². The van der Waals surface area contributed by atoms with Gasteiger partial charge in [0.15, 0.2) is 0 Å². The molecule has 1 aromatic rings. The first-order valence-electron chi connectivity index (χ1n) is 5.84. The van der Waals surface area contributed by atoms with Crippen molar-refractivity contribution in [3.05, 3.63) is 21.9 Å². The Morgan fingerprint density at radius 1 is 1.71 bits per heavy atom. The molecule has 0 aromatic carbocycles. The zero-order valence-electron chi connectivity index (χ0n) is 10.2. The number of hydrogen-bond acceptors (Lipinski definition) is 3. The van der Waals surface area contributed by atoms with Gasteiger partial charge in [0.25, 0.3) is 0 Å². The standard InChI is InChI=1S/C12H18N2O2S/c1-9-3-6-17-11(9)7-13-12(15)14-4-5-16-10(2)8-14/h3,6,10H,4-5,7-8H2,1-2H3,(H,13,15). The molecule has 0 aliphatic carbocycles. The summed E-state index contributed by atoms with van der Waals surface area (Å²) < 4.78 is 5.41. The molecule has 0 radical (unpaired) electrons. The van der Waals surface area contributed by atoms with Crippen LogP contribution < -0.4 is 5.32 Å². The van der Waals surface area contributed by atoms with Gasteiger partial charge in [0, 0.05) is 18.0 Å². The van der Waals surface area contributed by atoms with E-state index in [0.717, 1.165) is 0 Å². The summed E-state index contributed by atoms with van der Waals surface area (Å²) in [5, 5.41) is 5.01. The maximum Gasteiger partial charge on any atom is 0.317 e. The van der Waals surface area contributed by atoms with E-state index in [4.69, 9.17) is 4.74 Å². The van der Waals surface area contributed by atoms with Gasteiger partial charge in [0.2, 0.25) is 0 Å². The molecule has 1 saturated heterocycles. The molecule has 94 valence electrons. The number of rotatable bonds is 2. The second kappa shape index (κ2) is 5.51. The van der Waals surface area contributed by atoms with E-state index in [-0.39, 0.29) is 12.1 Å². The lowest BCUT2D eigenvalue weighted by atomic mass is 10.3. The minimum Gasteiger partial charge on any atom is -0.375 e. The van der Waals surface area contributed by atoms with Crippen molar-refractivity contribution >= 4 is 17.4 Å². The highest BCUT2D eigenvalue weighted by molar-refractivity contribution is 7.10. The Labute approximate surface area is 106 Å². The van der Waals surface area contributed by atoms with Gasteiger partial charge in [-0.1, -0.05) is 0 Å². The zero-order chi connectivity index (χ0) is 12.3. The maximum atomic E-state index is 11.9. The van der Waals surface area contributed by atoms with Crippen molar-refractivity contribution in [1.82, 2.24) is 10.2 Å². The summed E-state index contributed by atoms with van der Waals surface area (Å²) in [7, 11) is 0. The van der Waals surface area contributed by atoms with Crippen LogP contribution in [0.2, 0.25) is 0 Å². The molecular weight excluding hydrogens is 236 g/mol. The first-order chi connectivity index (χ1) is 8.16. The van der Waals surface area contributed by atoms with Gasteiger partial charge in [-0.25, -0.2) is 4.79 Å². The molecule has 0 saturated carbocycles. The van der Waals surface area contributed by atoms with E-state index in [0.29, 0.717) is 26.2 Å². The van der Waals surface area contributed by atoms with E-state index in [1.54, 1.807) is 11.3 Å². The minimum atomic E-state index is 0.00736. The average molecular weight is 254 g/mol. The molecule has 2 amide bonds. The highest BCUT2D eigenvalue weighted by Gasteiger charge is 2.21. The molecule has 0 bridgehead atoms. The van der Waals surface area contributed by atoms with Gasteiger partial charge in [0.1, 0.15) is 0 Å². The number of amides is 2. The Hall–Kier alpha value is -1.07. The van der Waals surface area contributed by atoms with Crippen LogP contribution in [0.5, 0.6) is 0 Å². The fraction of sp³-hybridized carbons (Fsp3) is 0.583. The van der Waals surface area contributed by atoms with Gasteiger partial charge in [-0.3, -0.25) is 0 Å². The van der Waals surface area contributed by atoms with Crippen LogP contribution in [0, 0.1) is 6.92 Å². The average Bonchev–Trinajstić information content (AvgIpc) is 2.72. The van der Waals surface area contributed by atoms with E-state index in [1.165, 1.54) is 10.4 Å². The molecule has 1 aromatic heterocycles. The summed E-state index contributed by atoms with van der Waals surface area (Å²) in [6.07, 6.45) is 0.137. The van der Waals surface area contributed by atoms with Gasteiger partial charge in [-0.05, 0) is 30.9 Å². The molecular formula is C12H18N2O2S. The van der Waals surface area contributed by atoms with Crippen molar-refractivity contribution in [2.75, 3.05) is 19.7 Å². The molecule has 1 N–H and O–H groups in total. The molecule has 5 heteroatoms. The molecule has 17 heavy (non-hydrogen) atoms. The van der Waals surface area contributed by atoms with Crippen LogP contribution in [0.3, 0.4) is 0 Å². The van der Waals surface area contributed by atoms with Crippen LogP contribution in [0.4, 0.5) is 4.79 Å². The minimum absolute atomic E-state index is 0.00736. The Morgan fingerprint density at radius 3 is 3.18 bits per heavy atom. The zero-order valence-corrected chi connectivity index (χ0v) is 11.0. The number of ether oxygens (including phenoxy) is 1. The fourth-order valence-electron chi connectivity index (χ4n) is 1.86. The van der Waals surface area contributed by atoms with Crippen molar-refractivity contribution in [3.63, 3.8) is 0 Å². The Bertz CT molecular complexity index is 392. The van der Waals surface area contributed by atoms with Gasteiger partial charge in [-0.15, -0.1) is 11.3 Å². The molecule has 1 fully saturated rings. The van der Waals surface area contributed by atoms with E-state index in [2.05, 4.69) is 18.3 Å². The summed E-state index contributed by atoms with van der Waals surface area (Å²) in [5.74, 6) is 0. The largest absolute Gasteiger partial charge is 0.375 e. The van der Waals surface area contributed by atoms with E-state index < -0.39 is 0 Å². The van der Waals surface area contributed by atoms with E-state index in [1.807, 2.05) is 17.2 Å². The summed E-state index contributed by atoms with van der Waals surface area (Å²) >= 11 is 1.68. The van der Waals surface area contributed by atoms with Crippen molar-refractivity contribution < 1.29 is 9.53 Å². The van der Waals surface area contributed by atoms with Crippen molar-refractivity contribution in [3.8, 4) is 0 Å². The second-order valence-corrected chi connectivity index (χ2v) is 5.31. The summed E-state index contributed by atoms with van der Waals surface area (Å²) in [6, 6.07) is 2.08. The molecule has 1 atom stereocenters. The van der Waals surface area contributed by atoms with E-state index >= 15 is 0 Å². The number of carbonyl (C=O) groups excluding carboxylic acids is 1. The Morgan fingerprint density at radius 2 is 2.53 bits per heavy atom. The van der Waals surface area contributed by atoms with Crippen molar-refractivity contribution in [2.24, 2.45) is 0 Å². The molecule has 0 spiro atoms. The summed E-state index contributed by atoms with van der Waals surface area (Å²) in [6.45, 7) is 6.66. The number of urea groups is 1. The van der Waals surface area contributed by atoms with Crippen LogP contribution >= 0.6 is 11.3 Å². The fourth-order valence-corrected chi connectivity index (χ4v) is 2.70. The molecule has 1 unspecified atom stereocenters. The molecule has 2 rings (SSSR count). The molecule has 1 aliphatic heterocycles. The number of aryl methyl sites for hydroxylation is 1. The Kier molecular flexibility index (Phi) is 4.02. The monoisotopic (exact) mass is 254 g/mol. The lowest BCUT2D eigenvalue weighted by molar-refractivity contribution is -0.00351. The van der Waals surface area contributed by atoms with Gasteiger partial charge >= 0.3 is 6.03 Å². The number of nitrogens with zero attached hydrogens (tertiary/aromatic N) is 1. The highest BCUT2D eigenvalue weighted by Crippen LogP contribution is 2.15. The number of thiophene rings is 1. The summed E-state index contributed by atoms with van der Waals surface area (Å²) in [4.78, 5) is 15.0. The van der Waals surface area contributed by atoms with Crippen LogP contribution in [0.25, 0.3) is 0 Å². The SMILES string of the molecule is Cc1ccsc1CNC(=O)N1CCOC(C)C1. The lowest BCUT2D eigenvalue weighted by Crippen LogP contribution is -2.48. The second-order valence-electron chi connectivity index (χ2n) is 4.31. The lowest BCUT2D eigenvalue weighted by Gasteiger charge is -2.31. The quantitative estimate of drug-likeness (QED) is 0.877. The smallest absolute Gasteiger partial charge is 0.317 e. The molecule has 1 aliphatic rings. The van der Waals surface area contributed by atoms with Crippen LogP contribution in [-0.2, 0) is 11.3 Å².